The van der Waals surface area contributed by atoms with Crippen molar-refractivity contribution >= 4 is 17.5 Å². The van der Waals surface area contributed by atoms with Gasteiger partial charge in [0.1, 0.15) is 5.82 Å². The number of hydrogen-bond donors (Lipinski definition) is 3. The smallest absolute Gasteiger partial charge is 0.226 e. The summed E-state index contributed by atoms with van der Waals surface area (Å²) >= 11 is 0. The number of amides is 2. The molecule has 6 nitrogen and oxygen atoms in total. The summed E-state index contributed by atoms with van der Waals surface area (Å²) in [5, 5.41) is 2.72. The van der Waals surface area contributed by atoms with Gasteiger partial charge in [-0.2, -0.15) is 0 Å². The molecule has 3 N–H and O–H groups in total. The third kappa shape index (κ3) is 7.43. The maximum atomic E-state index is 13.1. The summed E-state index contributed by atoms with van der Waals surface area (Å²) in [4.78, 5) is 25.3. The number of carbonyl (C=O) groups is 2. The van der Waals surface area contributed by atoms with Crippen molar-refractivity contribution in [3.05, 3.63) is 65.5 Å². The van der Waals surface area contributed by atoms with Crippen LogP contribution >= 0.6 is 0 Å². The van der Waals surface area contributed by atoms with Gasteiger partial charge in [0.25, 0.3) is 0 Å². The highest BCUT2D eigenvalue weighted by molar-refractivity contribution is 5.88. The third-order valence-corrected chi connectivity index (χ3v) is 5.86. The van der Waals surface area contributed by atoms with Gasteiger partial charge in [-0.3, -0.25) is 20.4 Å². The molecule has 1 aliphatic rings. The van der Waals surface area contributed by atoms with Gasteiger partial charge in [-0.1, -0.05) is 37.1 Å². The number of halogens is 1. The quantitative estimate of drug-likeness (QED) is 0.489. The van der Waals surface area contributed by atoms with Crippen LogP contribution in [0.5, 0.6) is 0 Å². The van der Waals surface area contributed by atoms with Crippen LogP contribution in [0, 0.1) is 5.82 Å². The van der Waals surface area contributed by atoms with Crippen LogP contribution in [0.3, 0.4) is 0 Å². The van der Waals surface area contributed by atoms with E-state index in [1.165, 1.54) is 19.1 Å². The minimum absolute atomic E-state index is 0.0982. The first-order valence-electron chi connectivity index (χ1n) is 11.3. The summed E-state index contributed by atoms with van der Waals surface area (Å²) in [5.41, 5.74) is 9.43. The zero-order chi connectivity index (χ0) is 22.9. The normalized spacial score (nSPS) is 17.8. The zero-order valence-corrected chi connectivity index (χ0v) is 18.9. The van der Waals surface area contributed by atoms with Crippen LogP contribution in [-0.2, 0) is 16.0 Å². The molecule has 0 saturated carbocycles. The van der Waals surface area contributed by atoms with Crippen LogP contribution in [0.2, 0.25) is 0 Å². The molecule has 172 valence electrons. The number of hydrogen-bond acceptors (Lipinski definition) is 4. The van der Waals surface area contributed by atoms with Gasteiger partial charge in [-0.15, -0.1) is 0 Å². The summed E-state index contributed by atoms with van der Waals surface area (Å²) in [7, 11) is 1.85. The average Bonchev–Trinajstić information content (AvgIpc) is 3.23. The number of likely N-dealkylation sites (N-methyl/N-ethyl adjacent to an activating group) is 1. The van der Waals surface area contributed by atoms with Crippen molar-refractivity contribution in [3.8, 4) is 0 Å². The number of hydrazine groups is 1. The van der Waals surface area contributed by atoms with Gasteiger partial charge in [0, 0.05) is 38.3 Å². The highest BCUT2D eigenvalue weighted by Gasteiger charge is 2.24. The van der Waals surface area contributed by atoms with Crippen LogP contribution in [0.4, 0.5) is 10.1 Å². The van der Waals surface area contributed by atoms with E-state index >= 15 is 0 Å². The lowest BCUT2D eigenvalue weighted by Crippen LogP contribution is -2.31. The van der Waals surface area contributed by atoms with Crippen LogP contribution in [0.25, 0.3) is 0 Å². The molecule has 0 radical (unpaired) electrons. The third-order valence-electron chi connectivity index (χ3n) is 5.86. The Morgan fingerprint density at radius 3 is 2.44 bits per heavy atom. The van der Waals surface area contributed by atoms with Crippen LogP contribution in [0.15, 0.2) is 48.5 Å². The van der Waals surface area contributed by atoms with E-state index in [0.29, 0.717) is 12.5 Å². The fourth-order valence-electron chi connectivity index (χ4n) is 3.99. The highest BCUT2D eigenvalue weighted by Crippen LogP contribution is 2.24. The lowest BCUT2D eigenvalue weighted by molar-refractivity contribution is -0.129. The second kappa shape index (κ2) is 11.7. The monoisotopic (exact) mass is 440 g/mol. The Morgan fingerprint density at radius 2 is 1.75 bits per heavy atom. The first-order chi connectivity index (χ1) is 15.4. The van der Waals surface area contributed by atoms with E-state index in [1.807, 2.05) is 43.4 Å². The summed E-state index contributed by atoms with van der Waals surface area (Å²) in [6, 6.07) is 14.7. The maximum Gasteiger partial charge on any atom is 0.226 e. The first-order valence-corrected chi connectivity index (χ1v) is 11.3. The number of nitrogens with zero attached hydrogens (tertiary/aromatic N) is 1. The lowest BCUT2D eigenvalue weighted by Gasteiger charge is -2.17. The number of carbonyl (C=O) groups excluding carboxylic acids is 2. The van der Waals surface area contributed by atoms with Crippen LogP contribution in [-0.4, -0.2) is 36.3 Å². The fraction of sp³-hybridized carbons (Fsp3) is 0.440. The van der Waals surface area contributed by atoms with Gasteiger partial charge < -0.3 is 10.2 Å². The van der Waals surface area contributed by atoms with Crippen LogP contribution in [0.1, 0.15) is 56.2 Å². The number of unbranched alkanes of at least 4 members (excludes halogenated alkanes) is 2. The Morgan fingerprint density at radius 1 is 1.03 bits per heavy atom. The molecule has 7 heteroatoms. The standard InChI is InChI=1S/C25H33FN4O2/c1-18(31)27-22-13-7-19(8-14-22)16-25(32)30(2)15-5-3-4-6-23-17-24(29-28-23)20-9-11-21(26)12-10-20/h7-14,23-24,28-29H,3-6,15-17H2,1-2H3,(H,27,31). The van der Waals surface area contributed by atoms with E-state index in [2.05, 4.69) is 16.2 Å². The van der Waals surface area contributed by atoms with Gasteiger partial charge >= 0.3 is 0 Å². The van der Waals surface area contributed by atoms with Gasteiger partial charge in [0.05, 0.1) is 6.42 Å². The minimum Gasteiger partial charge on any atom is -0.345 e. The second-order valence-electron chi connectivity index (χ2n) is 8.54. The van der Waals surface area contributed by atoms with Gasteiger partial charge in [0.15, 0.2) is 0 Å². The molecule has 2 amide bonds. The molecule has 1 saturated heterocycles. The summed E-state index contributed by atoms with van der Waals surface area (Å²) < 4.78 is 13.1. The molecule has 0 spiro atoms. The molecule has 0 aromatic heterocycles. The lowest BCUT2D eigenvalue weighted by atomic mass is 9.99. The zero-order valence-electron chi connectivity index (χ0n) is 18.9. The van der Waals surface area contributed by atoms with E-state index in [1.54, 1.807) is 4.90 Å². The molecule has 0 aliphatic carbocycles. The van der Waals surface area contributed by atoms with Crippen molar-refractivity contribution in [2.45, 2.75) is 57.5 Å². The molecule has 2 unspecified atom stereocenters. The van der Waals surface area contributed by atoms with Gasteiger partial charge in [-0.05, 0) is 54.7 Å². The van der Waals surface area contributed by atoms with E-state index < -0.39 is 0 Å². The van der Waals surface area contributed by atoms with E-state index in [0.717, 1.165) is 55.5 Å². The van der Waals surface area contributed by atoms with Crippen molar-refractivity contribution in [2.24, 2.45) is 0 Å². The Kier molecular flexibility index (Phi) is 8.76. The number of anilines is 1. The molecule has 1 heterocycles. The number of nitrogens with one attached hydrogen (secondary N) is 3. The molecule has 32 heavy (non-hydrogen) atoms. The molecule has 0 bridgehead atoms. The van der Waals surface area contributed by atoms with Crippen molar-refractivity contribution in [1.82, 2.24) is 15.8 Å². The second-order valence-corrected chi connectivity index (χ2v) is 8.54. The predicted octanol–water partition coefficient (Wildman–Crippen LogP) is 3.95. The molecule has 1 aliphatic heterocycles. The van der Waals surface area contributed by atoms with E-state index in [-0.39, 0.29) is 23.7 Å². The summed E-state index contributed by atoms with van der Waals surface area (Å²) in [6.07, 6.45) is 5.57. The Labute approximate surface area is 189 Å². The topological polar surface area (TPSA) is 73.5 Å². The molecule has 3 rings (SSSR count). The van der Waals surface area contributed by atoms with Gasteiger partial charge in [0.2, 0.25) is 11.8 Å². The van der Waals surface area contributed by atoms with E-state index in [9.17, 15) is 14.0 Å². The molecule has 2 atom stereocenters. The largest absolute Gasteiger partial charge is 0.345 e. The van der Waals surface area contributed by atoms with E-state index in [4.69, 9.17) is 0 Å². The highest BCUT2D eigenvalue weighted by atomic mass is 19.1. The fourth-order valence-corrected chi connectivity index (χ4v) is 3.99. The molecule has 2 aromatic carbocycles. The molecule has 1 fully saturated rings. The maximum absolute atomic E-state index is 13.1. The van der Waals surface area contributed by atoms with Crippen molar-refractivity contribution in [2.75, 3.05) is 18.9 Å². The summed E-state index contributed by atoms with van der Waals surface area (Å²) in [5.74, 6) is -0.220. The SMILES string of the molecule is CC(=O)Nc1ccc(CC(=O)N(C)CCCCCC2CC(c3ccc(F)cc3)NN2)cc1. The molecular weight excluding hydrogens is 407 g/mol. The molecular formula is C25H33FN4O2. The Balaban J connectivity index is 1.29. The van der Waals surface area contributed by atoms with Crippen LogP contribution < -0.4 is 16.2 Å². The Hall–Kier alpha value is -2.77. The number of rotatable bonds is 10. The summed E-state index contributed by atoms with van der Waals surface area (Å²) in [6.45, 7) is 2.22. The first kappa shape index (κ1) is 23.9. The predicted molar refractivity (Wildman–Crippen MR) is 124 cm³/mol. The number of benzene rings is 2. The van der Waals surface area contributed by atoms with Crippen molar-refractivity contribution in [3.63, 3.8) is 0 Å². The molecule has 2 aromatic rings. The minimum atomic E-state index is -0.209. The van der Waals surface area contributed by atoms with Crippen molar-refractivity contribution < 1.29 is 14.0 Å². The Bertz CT molecular complexity index is 886. The average molecular weight is 441 g/mol. The van der Waals surface area contributed by atoms with Crippen molar-refractivity contribution in [1.29, 1.82) is 0 Å². The van der Waals surface area contributed by atoms with Gasteiger partial charge in [-0.25, -0.2) is 4.39 Å².